The third-order valence-corrected chi connectivity index (χ3v) is 5.84. The molecule has 4 rings (SSSR count). The molecular weight excluding hydrogens is 395 g/mol. The Labute approximate surface area is 174 Å². The maximum atomic E-state index is 12.8. The number of nitrogens with zero attached hydrogens (tertiary/aromatic N) is 5. The minimum atomic E-state index is -4.33. The van der Waals surface area contributed by atoms with Crippen molar-refractivity contribution < 1.29 is 17.9 Å². The molecule has 1 aromatic carbocycles. The van der Waals surface area contributed by atoms with Gasteiger partial charge in [0.25, 0.3) is 0 Å². The van der Waals surface area contributed by atoms with Gasteiger partial charge in [0, 0.05) is 64.1 Å². The van der Waals surface area contributed by atoms with Gasteiger partial charge in [-0.15, -0.1) is 5.10 Å². The van der Waals surface area contributed by atoms with Crippen LogP contribution in [0.3, 0.4) is 0 Å². The van der Waals surface area contributed by atoms with Gasteiger partial charge >= 0.3 is 6.18 Å². The normalized spacial score (nSPS) is 19.4. The van der Waals surface area contributed by atoms with Crippen LogP contribution in [0, 0.1) is 6.92 Å². The van der Waals surface area contributed by atoms with Crippen LogP contribution in [0.2, 0.25) is 0 Å². The molecule has 1 aromatic heterocycles. The fourth-order valence-electron chi connectivity index (χ4n) is 3.99. The van der Waals surface area contributed by atoms with Crippen LogP contribution in [0.5, 0.6) is 0 Å². The zero-order valence-electron chi connectivity index (χ0n) is 17.2. The number of benzene rings is 1. The van der Waals surface area contributed by atoms with Gasteiger partial charge in [0.05, 0.1) is 24.5 Å². The maximum absolute atomic E-state index is 12.8. The first-order valence-corrected chi connectivity index (χ1v) is 10.4. The van der Waals surface area contributed by atoms with Gasteiger partial charge in [0.1, 0.15) is 0 Å². The molecule has 9 heteroatoms. The van der Waals surface area contributed by atoms with Gasteiger partial charge in [0.2, 0.25) is 0 Å². The summed E-state index contributed by atoms with van der Waals surface area (Å²) in [6.07, 6.45) is -2.45. The lowest BCUT2D eigenvalue weighted by Crippen LogP contribution is -2.49. The zero-order valence-corrected chi connectivity index (χ0v) is 17.2. The van der Waals surface area contributed by atoms with Gasteiger partial charge in [-0.1, -0.05) is 0 Å². The molecule has 0 bridgehead atoms. The third-order valence-electron chi connectivity index (χ3n) is 5.84. The summed E-state index contributed by atoms with van der Waals surface area (Å²) < 4.78 is 45.4. The Kier molecular flexibility index (Phi) is 6.31. The average molecular weight is 423 g/mol. The Bertz CT molecular complexity index is 822. The van der Waals surface area contributed by atoms with Gasteiger partial charge in [0.15, 0.2) is 5.82 Å². The van der Waals surface area contributed by atoms with E-state index < -0.39 is 11.7 Å². The molecule has 30 heavy (non-hydrogen) atoms. The molecular formula is C21H28F3N5O. The van der Waals surface area contributed by atoms with E-state index in [0.717, 1.165) is 89.1 Å². The van der Waals surface area contributed by atoms with Crippen molar-refractivity contribution in [1.29, 1.82) is 0 Å². The smallest absolute Gasteiger partial charge is 0.379 e. The SMILES string of the molecule is Cc1cn(-c2ccc(C(F)(F)F)cc2)nc1N1CCN(CCN2CCOCC2)CC1. The number of aromatic nitrogens is 2. The van der Waals surface area contributed by atoms with Crippen molar-refractivity contribution in [3.8, 4) is 5.69 Å². The number of alkyl halides is 3. The van der Waals surface area contributed by atoms with Crippen molar-refractivity contribution in [3.05, 3.63) is 41.6 Å². The Balaban J connectivity index is 1.34. The first-order valence-electron chi connectivity index (χ1n) is 10.4. The summed E-state index contributed by atoms with van der Waals surface area (Å²) in [5, 5.41) is 4.66. The monoisotopic (exact) mass is 423 g/mol. The number of halogens is 3. The van der Waals surface area contributed by atoms with E-state index in [1.807, 2.05) is 13.1 Å². The fourth-order valence-corrected chi connectivity index (χ4v) is 3.99. The lowest BCUT2D eigenvalue weighted by atomic mass is 10.2. The fraction of sp³-hybridized carbons (Fsp3) is 0.571. The van der Waals surface area contributed by atoms with E-state index in [1.54, 1.807) is 4.68 Å². The summed E-state index contributed by atoms with van der Waals surface area (Å²) in [6, 6.07) is 5.11. The van der Waals surface area contributed by atoms with Crippen molar-refractivity contribution in [2.24, 2.45) is 0 Å². The average Bonchev–Trinajstić information content (AvgIpc) is 3.14. The van der Waals surface area contributed by atoms with Crippen molar-refractivity contribution in [2.45, 2.75) is 13.1 Å². The van der Waals surface area contributed by atoms with E-state index in [9.17, 15) is 13.2 Å². The summed E-state index contributed by atoms with van der Waals surface area (Å²) in [4.78, 5) is 7.20. The van der Waals surface area contributed by atoms with E-state index in [2.05, 4.69) is 19.8 Å². The Morgan fingerprint density at radius 2 is 1.50 bits per heavy atom. The molecule has 0 saturated carbocycles. The van der Waals surface area contributed by atoms with E-state index >= 15 is 0 Å². The molecule has 0 radical (unpaired) electrons. The van der Waals surface area contributed by atoms with Gasteiger partial charge in [-0.2, -0.15) is 13.2 Å². The second-order valence-corrected chi connectivity index (χ2v) is 7.91. The second kappa shape index (κ2) is 8.95. The molecule has 0 N–H and O–H groups in total. The minimum absolute atomic E-state index is 0.626. The van der Waals surface area contributed by atoms with Gasteiger partial charge < -0.3 is 9.64 Å². The highest BCUT2D eigenvalue weighted by Gasteiger charge is 2.30. The summed E-state index contributed by atoms with van der Waals surface area (Å²) in [5.74, 6) is 0.905. The van der Waals surface area contributed by atoms with Crippen molar-refractivity contribution >= 4 is 5.82 Å². The second-order valence-electron chi connectivity index (χ2n) is 7.91. The van der Waals surface area contributed by atoms with Gasteiger partial charge in [-0.3, -0.25) is 9.80 Å². The topological polar surface area (TPSA) is 36.8 Å². The highest BCUT2D eigenvalue weighted by atomic mass is 19.4. The predicted octanol–water partition coefficient (Wildman–Crippen LogP) is 2.65. The Morgan fingerprint density at radius 3 is 2.10 bits per heavy atom. The Morgan fingerprint density at radius 1 is 0.900 bits per heavy atom. The summed E-state index contributed by atoms with van der Waals surface area (Å²) >= 11 is 0. The maximum Gasteiger partial charge on any atom is 0.416 e. The molecule has 0 atom stereocenters. The van der Waals surface area contributed by atoms with E-state index in [0.29, 0.717) is 5.69 Å². The van der Waals surface area contributed by atoms with Crippen molar-refractivity contribution in [1.82, 2.24) is 19.6 Å². The number of piperazine rings is 1. The highest BCUT2D eigenvalue weighted by Crippen LogP contribution is 2.30. The molecule has 0 aliphatic carbocycles. The van der Waals surface area contributed by atoms with Gasteiger partial charge in [-0.25, -0.2) is 4.68 Å². The summed E-state index contributed by atoms with van der Waals surface area (Å²) in [5.41, 5.74) is 1.00. The molecule has 0 spiro atoms. The predicted molar refractivity (Wildman–Crippen MR) is 109 cm³/mol. The third kappa shape index (κ3) is 4.96. The van der Waals surface area contributed by atoms with Crippen LogP contribution < -0.4 is 4.90 Å². The van der Waals surface area contributed by atoms with E-state index in [-0.39, 0.29) is 0 Å². The van der Waals surface area contributed by atoms with Crippen molar-refractivity contribution in [3.63, 3.8) is 0 Å². The number of aryl methyl sites for hydroxylation is 1. The van der Waals surface area contributed by atoms with Gasteiger partial charge in [-0.05, 0) is 31.2 Å². The number of morpholine rings is 1. The molecule has 164 valence electrons. The molecule has 2 aromatic rings. The van der Waals surface area contributed by atoms with Crippen molar-refractivity contribution in [2.75, 3.05) is 70.5 Å². The molecule has 2 saturated heterocycles. The summed E-state index contributed by atoms with van der Waals surface area (Å²) in [6.45, 7) is 11.6. The quantitative estimate of drug-likeness (QED) is 0.739. The van der Waals surface area contributed by atoms with E-state index in [4.69, 9.17) is 4.74 Å². The molecule has 2 aliphatic heterocycles. The first-order chi connectivity index (χ1) is 14.4. The molecule has 3 heterocycles. The van der Waals surface area contributed by atoms with Crippen LogP contribution in [-0.2, 0) is 10.9 Å². The Hall–Kier alpha value is -2.10. The van der Waals surface area contributed by atoms with Crippen LogP contribution in [0.4, 0.5) is 19.0 Å². The molecule has 2 fully saturated rings. The molecule has 6 nitrogen and oxygen atoms in total. The largest absolute Gasteiger partial charge is 0.416 e. The summed E-state index contributed by atoms with van der Waals surface area (Å²) in [7, 11) is 0. The minimum Gasteiger partial charge on any atom is -0.379 e. The molecule has 2 aliphatic rings. The lowest BCUT2D eigenvalue weighted by molar-refractivity contribution is -0.137. The van der Waals surface area contributed by atoms with Crippen LogP contribution in [0.1, 0.15) is 11.1 Å². The van der Waals surface area contributed by atoms with Crippen LogP contribution in [0.15, 0.2) is 30.5 Å². The van der Waals surface area contributed by atoms with Crippen LogP contribution in [0.25, 0.3) is 5.69 Å². The van der Waals surface area contributed by atoms with Crippen LogP contribution >= 0.6 is 0 Å². The lowest BCUT2D eigenvalue weighted by Gasteiger charge is -2.36. The van der Waals surface area contributed by atoms with Crippen LogP contribution in [-0.4, -0.2) is 85.2 Å². The number of hydrogen-bond donors (Lipinski definition) is 0. The zero-order chi connectivity index (χ0) is 21.1. The van der Waals surface area contributed by atoms with E-state index in [1.165, 1.54) is 12.1 Å². The molecule has 0 amide bonds. The first kappa shape index (κ1) is 21.1. The number of rotatable bonds is 5. The number of anilines is 1. The number of hydrogen-bond acceptors (Lipinski definition) is 5. The standard InChI is InChI=1S/C21H28F3N5O/c1-17-16-29(19-4-2-18(3-5-19)21(22,23)24)25-20(17)28-10-8-26(9-11-28)6-7-27-12-14-30-15-13-27/h2-5,16H,6-15H2,1H3. The highest BCUT2D eigenvalue weighted by molar-refractivity contribution is 5.48. The number of ether oxygens (including phenoxy) is 1. The molecule has 0 unspecified atom stereocenters.